The summed E-state index contributed by atoms with van der Waals surface area (Å²) in [5.41, 5.74) is 1.45. The van der Waals surface area contributed by atoms with Crippen LogP contribution in [0.4, 0.5) is 13.2 Å². The van der Waals surface area contributed by atoms with Gasteiger partial charge in [-0.25, -0.2) is 4.98 Å². The monoisotopic (exact) mass is 369 g/mol. The molecule has 2 N–H and O–H groups in total. The number of imidazole rings is 1. The van der Waals surface area contributed by atoms with Gasteiger partial charge in [0.1, 0.15) is 11.6 Å². The van der Waals surface area contributed by atoms with Crippen molar-refractivity contribution >= 4 is 24.8 Å². The molecule has 0 spiro atoms. The first-order valence-electron chi connectivity index (χ1n) is 6.52. The second kappa shape index (κ2) is 7.42. The Hall–Kier alpha value is -1.44. The van der Waals surface area contributed by atoms with Crippen molar-refractivity contribution < 1.29 is 17.9 Å². The summed E-state index contributed by atoms with van der Waals surface area (Å²) in [5, 5.41) is 3.19. The number of H-pyrrole nitrogens is 1. The maximum Gasteiger partial charge on any atom is 0.416 e. The van der Waals surface area contributed by atoms with E-state index in [4.69, 9.17) is 4.74 Å². The van der Waals surface area contributed by atoms with Crippen molar-refractivity contribution in [3.05, 3.63) is 35.2 Å². The van der Waals surface area contributed by atoms with E-state index < -0.39 is 11.7 Å². The standard InChI is InChI=1S/C14H14F3N3O.2ClH/c1-21-10-5-8(4-9(6-10)14(15,16)17)13-19-11-2-3-18-7-12(11)20-13;;/h4-6,18H,2-3,7H2,1H3,(H,19,20);2*1H. The molecule has 0 saturated carbocycles. The number of halogens is 5. The van der Waals surface area contributed by atoms with Crippen molar-refractivity contribution in [3.8, 4) is 17.1 Å². The molecule has 1 aromatic heterocycles. The number of aromatic nitrogens is 2. The number of alkyl halides is 3. The maximum atomic E-state index is 12.9. The lowest BCUT2D eigenvalue weighted by Crippen LogP contribution is -2.23. The number of methoxy groups -OCH3 is 1. The minimum atomic E-state index is -4.42. The molecular weight excluding hydrogens is 354 g/mol. The lowest BCUT2D eigenvalue weighted by Gasteiger charge is -2.10. The van der Waals surface area contributed by atoms with Crippen LogP contribution in [0.1, 0.15) is 17.0 Å². The number of benzene rings is 1. The smallest absolute Gasteiger partial charge is 0.416 e. The van der Waals surface area contributed by atoms with Gasteiger partial charge >= 0.3 is 6.18 Å². The molecule has 3 rings (SSSR count). The lowest BCUT2D eigenvalue weighted by molar-refractivity contribution is -0.137. The van der Waals surface area contributed by atoms with Gasteiger partial charge in [0.25, 0.3) is 0 Å². The van der Waals surface area contributed by atoms with Crippen LogP contribution in [0.3, 0.4) is 0 Å². The van der Waals surface area contributed by atoms with E-state index in [-0.39, 0.29) is 30.6 Å². The Bertz CT molecular complexity index is 650. The number of nitrogens with zero attached hydrogens (tertiary/aromatic N) is 1. The average Bonchev–Trinajstić information content (AvgIpc) is 2.89. The van der Waals surface area contributed by atoms with Crippen molar-refractivity contribution in [3.63, 3.8) is 0 Å². The summed E-state index contributed by atoms with van der Waals surface area (Å²) in [7, 11) is 1.34. The molecule has 23 heavy (non-hydrogen) atoms. The van der Waals surface area contributed by atoms with Gasteiger partial charge < -0.3 is 15.0 Å². The second-order valence-corrected chi connectivity index (χ2v) is 4.89. The molecule has 0 atom stereocenters. The van der Waals surface area contributed by atoms with Crippen LogP contribution in [0.25, 0.3) is 11.4 Å². The minimum Gasteiger partial charge on any atom is -0.497 e. The molecule has 128 valence electrons. The number of hydrogen-bond donors (Lipinski definition) is 2. The van der Waals surface area contributed by atoms with Crippen LogP contribution in [-0.2, 0) is 19.1 Å². The number of aromatic amines is 1. The number of rotatable bonds is 2. The number of nitrogens with one attached hydrogen (secondary N) is 2. The van der Waals surface area contributed by atoms with Gasteiger partial charge in [-0.1, -0.05) is 0 Å². The van der Waals surface area contributed by atoms with Gasteiger partial charge in [0.15, 0.2) is 0 Å². The van der Waals surface area contributed by atoms with Gasteiger partial charge in [-0.15, -0.1) is 24.8 Å². The van der Waals surface area contributed by atoms with Crippen molar-refractivity contribution in [1.29, 1.82) is 0 Å². The number of fused-ring (bicyclic) bond motifs is 1. The van der Waals surface area contributed by atoms with Crippen LogP contribution in [-0.4, -0.2) is 23.6 Å². The van der Waals surface area contributed by atoms with Crippen LogP contribution >= 0.6 is 24.8 Å². The molecule has 0 unspecified atom stereocenters. The predicted molar refractivity (Wildman–Crippen MR) is 85.5 cm³/mol. The molecule has 1 aliphatic heterocycles. The van der Waals surface area contributed by atoms with Crippen LogP contribution in [0, 0.1) is 0 Å². The first-order valence-corrected chi connectivity index (χ1v) is 6.52. The molecule has 9 heteroatoms. The fourth-order valence-electron chi connectivity index (χ4n) is 2.37. The lowest BCUT2D eigenvalue weighted by atomic mass is 10.1. The van der Waals surface area contributed by atoms with E-state index >= 15 is 0 Å². The molecule has 0 bridgehead atoms. The van der Waals surface area contributed by atoms with Crippen molar-refractivity contribution in [1.82, 2.24) is 15.3 Å². The zero-order valence-electron chi connectivity index (χ0n) is 12.2. The highest BCUT2D eigenvalue weighted by Crippen LogP contribution is 2.35. The maximum absolute atomic E-state index is 12.9. The molecule has 2 aromatic rings. The van der Waals surface area contributed by atoms with E-state index in [0.29, 0.717) is 17.9 Å². The SMILES string of the molecule is COc1cc(-c2nc3c([nH]2)CNCC3)cc(C(F)(F)F)c1.Cl.Cl. The summed E-state index contributed by atoms with van der Waals surface area (Å²) in [6.07, 6.45) is -3.65. The van der Waals surface area contributed by atoms with Gasteiger partial charge in [-0.3, -0.25) is 0 Å². The fourth-order valence-corrected chi connectivity index (χ4v) is 2.37. The van der Waals surface area contributed by atoms with E-state index in [2.05, 4.69) is 15.3 Å². The second-order valence-electron chi connectivity index (χ2n) is 4.89. The topological polar surface area (TPSA) is 49.9 Å². The van der Waals surface area contributed by atoms with E-state index in [1.54, 1.807) is 6.07 Å². The Morgan fingerprint density at radius 3 is 2.52 bits per heavy atom. The summed E-state index contributed by atoms with van der Waals surface area (Å²) in [5.74, 6) is 0.598. The zero-order chi connectivity index (χ0) is 15.0. The largest absolute Gasteiger partial charge is 0.497 e. The van der Waals surface area contributed by atoms with Crippen LogP contribution in [0.2, 0.25) is 0 Å². The van der Waals surface area contributed by atoms with Crippen molar-refractivity contribution in [2.24, 2.45) is 0 Å². The molecule has 0 amide bonds. The third-order valence-electron chi connectivity index (χ3n) is 3.45. The molecule has 4 nitrogen and oxygen atoms in total. The van der Waals surface area contributed by atoms with Gasteiger partial charge in [0.2, 0.25) is 0 Å². The molecule has 0 aliphatic carbocycles. The van der Waals surface area contributed by atoms with Crippen LogP contribution < -0.4 is 10.1 Å². The Morgan fingerprint density at radius 1 is 1.17 bits per heavy atom. The van der Waals surface area contributed by atoms with Crippen molar-refractivity contribution in [2.75, 3.05) is 13.7 Å². The number of ether oxygens (including phenoxy) is 1. The van der Waals surface area contributed by atoms with Crippen LogP contribution in [0.5, 0.6) is 5.75 Å². The quantitative estimate of drug-likeness (QED) is 0.850. The van der Waals surface area contributed by atoms with E-state index in [1.807, 2.05) is 0 Å². The van der Waals surface area contributed by atoms with Gasteiger partial charge in [-0.05, 0) is 18.2 Å². The highest BCUT2D eigenvalue weighted by Gasteiger charge is 2.32. The van der Waals surface area contributed by atoms with Crippen molar-refractivity contribution in [2.45, 2.75) is 19.1 Å². The van der Waals surface area contributed by atoms with Crippen LogP contribution in [0.15, 0.2) is 18.2 Å². The molecule has 1 aromatic carbocycles. The first-order chi connectivity index (χ1) is 9.97. The molecular formula is C14H16Cl2F3N3O. The Morgan fingerprint density at radius 2 is 1.91 bits per heavy atom. The molecule has 2 heterocycles. The third-order valence-corrected chi connectivity index (χ3v) is 3.45. The summed E-state index contributed by atoms with van der Waals surface area (Å²) < 4.78 is 43.8. The normalized spacial score (nSPS) is 13.6. The molecule has 1 aliphatic rings. The Labute approximate surface area is 143 Å². The van der Waals surface area contributed by atoms with E-state index in [9.17, 15) is 13.2 Å². The highest BCUT2D eigenvalue weighted by molar-refractivity contribution is 5.85. The fraction of sp³-hybridized carbons (Fsp3) is 0.357. The van der Waals surface area contributed by atoms with Gasteiger partial charge in [0, 0.05) is 25.1 Å². The van der Waals surface area contributed by atoms with Gasteiger partial charge in [-0.2, -0.15) is 13.2 Å². The Kier molecular flexibility index (Phi) is 6.33. The summed E-state index contributed by atoms with van der Waals surface area (Å²) >= 11 is 0. The predicted octanol–water partition coefficient (Wildman–Crippen LogP) is 3.59. The summed E-state index contributed by atoms with van der Waals surface area (Å²) in [6, 6.07) is 3.61. The average molecular weight is 370 g/mol. The third kappa shape index (κ3) is 4.10. The first kappa shape index (κ1) is 19.6. The number of hydrogen-bond acceptors (Lipinski definition) is 3. The molecule has 0 fully saturated rings. The molecule has 0 radical (unpaired) electrons. The van der Waals surface area contributed by atoms with E-state index in [0.717, 1.165) is 36.5 Å². The molecule has 0 saturated heterocycles. The Balaban J connectivity index is 0.00000132. The highest BCUT2D eigenvalue weighted by atomic mass is 35.5. The summed E-state index contributed by atoms with van der Waals surface area (Å²) in [4.78, 5) is 7.48. The van der Waals surface area contributed by atoms with E-state index in [1.165, 1.54) is 7.11 Å². The minimum absolute atomic E-state index is 0. The van der Waals surface area contributed by atoms with Gasteiger partial charge in [0.05, 0.1) is 24.1 Å². The zero-order valence-corrected chi connectivity index (χ0v) is 13.8. The summed E-state index contributed by atoms with van der Waals surface area (Å²) in [6.45, 7) is 1.47.